The average Bonchev–Trinajstić information content (AvgIpc) is 3.72. The summed E-state index contributed by atoms with van der Waals surface area (Å²) in [7, 11) is 0. The first kappa shape index (κ1) is 32.5. The molecule has 258 valence electrons. The van der Waals surface area contributed by atoms with E-state index in [4.69, 9.17) is 9.40 Å². The Balaban J connectivity index is 1.30. The second-order valence-electron chi connectivity index (χ2n) is 16.4. The van der Waals surface area contributed by atoms with Crippen molar-refractivity contribution in [3.63, 3.8) is 0 Å². The molecule has 2 aromatic heterocycles. The predicted molar refractivity (Wildman–Crippen MR) is 219 cm³/mol. The van der Waals surface area contributed by atoms with E-state index in [1.165, 1.54) is 50.2 Å². The summed E-state index contributed by atoms with van der Waals surface area (Å²) in [5.74, 6) is 1.44. The lowest BCUT2D eigenvalue weighted by molar-refractivity contribution is 0.299. The van der Waals surface area contributed by atoms with Gasteiger partial charge in [0.1, 0.15) is 17.0 Å². The average molecular weight is 679 g/mol. The molecule has 2 heterocycles. The molecule has 1 aliphatic rings. The number of furan rings is 1. The Hall–Kier alpha value is -5.41. The third-order valence-corrected chi connectivity index (χ3v) is 12.3. The van der Waals surface area contributed by atoms with Crippen LogP contribution in [-0.4, -0.2) is 9.55 Å². The van der Waals surface area contributed by atoms with E-state index in [2.05, 4.69) is 175 Å². The first-order valence-corrected chi connectivity index (χ1v) is 18.8. The van der Waals surface area contributed by atoms with Crippen LogP contribution in [0.2, 0.25) is 0 Å². The van der Waals surface area contributed by atoms with Crippen molar-refractivity contribution in [3.8, 4) is 39.3 Å². The summed E-state index contributed by atoms with van der Waals surface area (Å²) >= 11 is 0. The molecule has 0 N–H and O–H groups in total. The van der Waals surface area contributed by atoms with Crippen molar-refractivity contribution in [2.24, 2.45) is 0 Å². The van der Waals surface area contributed by atoms with Crippen molar-refractivity contribution < 1.29 is 4.42 Å². The van der Waals surface area contributed by atoms with Crippen molar-refractivity contribution in [2.45, 2.75) is 78.1 Å². The van der Waals surface area contributed by atoms with Crippen LogP contribution in [0.15, 0.2) is 126 Å². The van der Waals surface area contributed by atoms with Gasteiger partial charge in [-0.3, -0.25) is 4.57 Å². The lowest BCUT2D eigenvalue weighted by Crippen LogP contribution is -2.43. The molecule has 9 rings (SSSR count). The van der Waals surface area contributed by atoms with Gasteiger partial charge >= 0.3 is 0 Å². The van der Waals surface area contributed by atoms with E-state index in [0.29, 0.717) is 0 Å². The molecular weight excluding hydrogens is 633 g/mol. The summed E-state index contributed by atoms with van der Waals surface area (Å²) in [6.07, 6.45) is 0. The van der Waals surface area contributed by atoms with Gasteiger partial charge < -0.3 is 4.42 Å². The van der Waals surface area contributed by atoms with Crippen LogP contribution in [0.25, 0.3) is 72.3 Å². The second-order valence-corrected chi connectivity index (χ2v) is 16.4. The number of hydrogen-bond donors (Lipinski definition) is 0. The number of imidazole rings is 1. The smallest absolute Gasteiger partial charge is 0.149 e. The molecule has 0 amide bonds. The Kier molecular flexibility index (Phi) is 7.22. The van der Waals surface area contributed by atoms with Gasteiger partial charge in [0, 0.05) is 10.8 Å². The topological polar surface area (TPSA) is 31.0 Å². The number of para-hydroxylation sites is 4. The Morgan fingerprint density at radius 3 is 1.94 bits per heavy atom. The maximum Gasteiger partial charge on any atom is 0.149 e. The zero-order valence-electron chi connectivity index (χ0n) is 31.5. The van der Waals surface area contributed by atoms with Crippen molar-refractivity contribution in [1.29, 1.82) is 0 Å². The highest BCUT2D eigenvalue weighted by Crippen LogP contribution is 2.54. The second kappa shape index (κ2) is 11.5. The Bertz CT molecular complexity index is 2670. The van der Waals surface area contributed by atoms with E-state index in [1.807, 2.05) is 6.07 Å². The van der Waals surface area contributed by atoms with Crippen LogP contribution >= 0.6 is 0 Å². The molecular formula is C49H46N2O. The Labute approximate surface area is 307 Å². The Morgan fingerprint density at radius 2 is 1.17 bits per heavy atom. The summed E-state index contributed by atoms with van der Waals surface area (Å²) < 4.78 is 9.02. The van der Waals surface area contributed by atoms with E-state index >= 15 is 0 Å². The van der Waals surface area contributed by atoms with Crippen LogP contribution in [-0.2, 0) is 10.8 Å². The van der Waals surface area contributed by atoms with Gasteiger partial charge in [-0.25, -0.2) is 4.98 Å². The van der Waals surface area contributed by atoms with E-state index in [-0.39, 0.29) is 22.7 Å². The molecule has 0 radical (unpaired) electrons. The lowest BCUT2D eigenvalue weighted by Gasteiger charge is -2.48. The van der Waals surface area contributed by atoms with E-state index in [9.17, 15) is 0 Å². The summed E-state index contributed by atoms with van der Waals surface area (Å²) in [5, 5.41) is 2.23. The number of benzene rings is 6. The fourth-order valence-electron chi connectivity index (χ4n) is 8.75. The number of nitrogens with zero attached hydrogens (tertiary/aromatic N) is 2. The highest BCUT2D eigenvalue weighted by molar-refractivity contribution is 6.09. The van der Waals surface area contributed by atoms with E-state index < -0.39 is 0 Å². The minimum Gasteiger partial charge on any atom is -0.455 e. The first-order chi connectivity index (χ1) is 25.0. The monoisotopic (exact) mass is 678 g/mol. The molecule has 1 aliphatic carbocycles. The molecule has 0 bridgehead atoms. The van der Waals surface area contributed by atoms with Crippen LogP contribution in [0.4, 0.5) is 0 Å². The highest BCUT2D eigenvalue weighted by Gasteiger charge is 2.45. The minimum atomic E-state index is -0.0588. The van der Waals surface area contributed by atoms with Crippen molar-refractivity contribution in [1.82, 2.24) is 9.55 Å². The molecule has 6 aromatic carbocycles. The number of rotatable bonds is 5. The van der Waals surface area contributed by atoms with Crippen molar-refractivity contribution >= 4 is 33.0 Å². The lowest BCUT2D eigenvalue weighted by atomic mass is 9.55. The maximum atomic E-state index is 6.60. The van der Waals surface area contributed by atoms with Crippen LogP contribution in [0.5, 0.6) is 0 Å². The third-order valence-electron chi connectivity index (χ3n) is 12.3. The SMILES string of the molecule is CC(C)c1cc(-c2ccc3c(c2)C(C)(C)C(C)(C)c2ccccc2-3)cc(C(C)C)c1-n1c(-c2cccc3c2oc2ccccc23)nc2ccccc21. The Morgan fingerprint density at radius 1 is 0.558 bits per heavy atom. The molecule has 3 nitrogen and oxygen atoms in total. The number of hydrogen-bond acceptors (Lipinski definition) is 2. The largest absolute Gasteiger partial charge is 0.455 e. The standard InChI is InChI=1S/C49H46N2O/c1-29(2)38-26-32(31-24-25-34-33-16-9-11-20-40(33)48(5,6)49(7,8)41(34)28-31)27-39(30(3)4)45(38)51-43-22-13-12-21-42(43)50-47(51)37-19-15-18-36-35-17-10-14-23-44(35)52-46(36)37/h9-30H,1-8H3. The molecule has 0 unspecified atom stereocenters. The molecule has 52 heavy (non-hydrogen) atoms. The first-order valence-electron chi connectivity index (χ1n) is 18.8. The normalized spacial score (nSPS) is 14.8. The zero-order valence-corrected chi connectivity index (χ0v) is 31.5. The molecule has 8 aromatic rings. The minimum absolute atomic E-state index is 0.0210. The molecule has 0 saturated heterocycles. The van der Waals surface area contributed by atoms with Crippen molar-refractivity contribution in [3.05, 3.63) is 144 Å². The number of fused-ring (bicyclic) bond motifs is 7. The molecule has 3 heteroatoms. The summed E-state index contributed by atoms with van der Waals surface area (Å²) in [6.45, 7) is 18.9. The maximum absolute atomic E-state index is 6.60. The number of aromatic nitrogens is 2. The van der Waals surface area contributed by atoms with Gasteiger partial charge in [0.2, 0.25) is 0 Å². The van der Waals surface area contributed by atoms with Gasteiger partial charge in [0.15, 0.2) is 0 Å². The van der Waals surface area contributed by atoms with E-state index in [0.717, 1.165) is 44.4 Å². The van der Waals surface area contributed by atoms with Crippen LogP contribution in [0, 0.1) is 0 Å². The van der Waals surface area contributed by atoms with Crippen LogP contribution < -0.4 is 0 Å². The van der Waals surface area contributed by atoms with Crippen LogP contribution in [0.3, 0.4) is 0 Å². The predicted octanol–water partition coefficient (Wildman–Crippen LogP) is 13.7. The summed E-state index contributed by atoms with van der Waals surface area (Å²) in [6, 6.07) is 44.4. The van der Waals surface area contributed by atoms with Gasteiger partial charge in [-0.1, -0.05) is 134 Å². The molecule has 0 aliphatic heterocycles. The molecule has 0 atom stereocenters. The van der Waals surface area contributed by atoms with E-state index in [1.54, 1.807) is 0 Å². The van der Waals surface area contributed by atoms with Gasteiger partial charge in [-0.2, -0.15) is 0 Å². The molecule has 0 spiro atoms. The van der Waals surface area contributed by atoms with Crippen molar-refractivity contribution in [2.75, 3.05) is 0 Å². The van der Waals surface area contributed by atoms with Gasteiger partial charge in [-0.05, 0) is 110 Å². The fourth-order valence-corrected chi connectivity index (χ4v) is 8.75. The third kappa shape index (κ3) is 4.61. The van der Waals surface area contributed by atoms with Gasteiger partial charge in [0.25, 0.3) is 0 Å². The fraction of sp³-hybridized carbons (Fsp3) is 0.245. The molecule has 0 fully saturated rings. The van der Waals surface area contributed by atoms with Crippen LogP contribution in [0.1, 0.15) is 89.5 Å². The quantitative estimate of drug-likeness (QED) is 0.181. The van der Waals surface area contributed by atoms with Gasteiger partial charge in [-0.15, -0.1) is 0 Å². The molecule has 0 saturated carbocycles. The zero-order chi connectivity index (χ0) is 36.1. The summed E-state index contributed by atoms with van der Waals surface area (Å²) in [4.78, 5) is 5.36. The highest BCUT2D eigenvalue weighted by atomic mass is 16.3. The summed E-state index contributed by atoms with van der Waals surface area (Å²) in [5.41, 5.74) is 16.7. The van der Waals surface area contributed by atoms with Gasteiger partial charge in [0.05, 0.1) is 22.3 Å².